The Bertz CT molecular complexity index is 649. The molecule has 0 saturated carbocycles. The Morgan fingerprint density at radius 1 is 1.35 bits per heavy atom. The van der Waals surface area contributed by atoms with Gasteiger partial charge in [0.15, 0.2) is 0 Å². The first-order chi connectivity index (χ1) is 9.38. The van der Waals surface area contributed by atoms with E-state index in [9.17, 15) is 4.79 Å². The highest BCUT2D eigenvalue weighted by atomic mass is 79.9. The highest BCUT2D eigenvalue weighted by molar-refractivity contribution is 9.10. The van der Waals surface area contributed by atoms with Crippen LogP contribution in [0.15, 0.2) is 34.9 Å². The summed E-state index contributed by atoms with van der Waals surface area (Å²) in [6.07, 6.45) is 1.90. The molecule has 2 rings (SSSR count). The van der Waals surface area contributed by atoms with Crippen LogP contribution in [0, 0.1) is 6.92 Å². The number of aryl methyl sites for hydroxylation is 1. The van der Waals surface area contributed by atoms with Gasteiger partial charge in [-0.05, 0) is 60.5 Å². The summed E-state index contributed by atoms with van der Waals surface area (Å²) in [6.45, 7) is 6.02. The second kappa shape index (κ2) is 6.02. The molecule has 20 heavy (non-hydrogen) atoms. The van der Waals surface area contributed by atoms with Crippen molar-refractivity contribution in [3.63, 3.8) is 0 Å². The van der Waals surface area contributed by atoms with E-state index in [-0.39, 0.29) is 11.9 Å². The maximum absolute atomic E-state index is 12.4. The Balaban J connectivity index is 2.28. The van der Waals surface area contributed by atoms with Crippen LogP contribution >= 0.6 is 27.5 Å². The molecule has 106 valence electrons. The Hall–Kier alpha value is -1.26. The lowest BCUT2D eigenvalue weighted by Crippen LogP contribution is -2.18. The lowest BCUT2D eigenvalue weighted by atomic mass is 10.2. The van der Waals surface area contributed by atoms with Crippen LogP contribution in [0.25, 0.3) is 0 Å². The normalized spacial score (nSPS) is 10.9. The Kier molecular flexibility index (Phi) is 4.55. The van der Waals surface area contributed by atoms with E-state index in [0.29, 0.717) is 16.4 Å². The second-order valence-electron chi connectivity index (χ2n) is 4.98. The lowest BCUT2D eigenvalue weighted by Gasteiger charge is -2.13. The minimum atomic E-state index is -0.171. The molecule has 1 aromatic carbocycles. The van der Waals surface area contributed by atoms with Crippen molar-refractivity contribution in [1.82, 2.24) is 4.57 Å². The predicted octanol–water partition coefficient (Wildman–Crippen LogP) is 5.05. The summed E-state index contributed by atoms with van der Waals surface area (Å²) in [5, 5.41) is 3.39. The minimum Gasteiger partial charge on any atom is -0.340 e. The zero-order valence-electron chi connectivity index (χ0n) is 11.6. The Morgan fingerprint density at radius 2 is 2.05 bits per heavy atom. The van der Waals surface area contributed by atoms with E-state index < -0.39 is 0 Å². The number of benzene rings is 1. The standard InChI is InChI=1S/C15H16BrClN2O/c1-9(2)19-8-11(16)7-14(19)15(20)18-13-5-4-10(3)6-12(13)17/h4-9H,1-3H3,(H,18,20). The van der Waals surface area contributed by atoms with Crippen LogP contribution in [0.3, 0.4) is 0 Å². The molecule has 0 saturated heterocycles. The van der Waals surface area contributed by atoms with E-state index in [0.717, 1.165) is 10.0 Å². The number of anilines is 1. The number of aromatic nitrogens is 1. The number of nitrogens with zero attached hydrogens (tertiary/aromatic N) is 1. The third-order valence-corrected chi connectivity index (χ3v) is 3.72. The highest BCUT2D eigenvalue weighted by Gasteiger charge is 2.16. The van der Waals surface area contributed by atoms with Gasteiger partial charge >= 0.3 is 0 Å². The van der Waals surface area contributed by atoms with Gasteiger partial charge in [-0.15, -0.1) is 0 Å². The molecule has 1 heterocycles. The number of hydrogen-bond acceptors (Lipinski definition) is 1. The number of halogens is 2. The van der Waals surface area contributed by atoms with Gasteiger partial charge in [0.25, 0.3) is 5.91 Å². The molecule has 0 aliphatic carbocycles. The van der Waals surface area contributed by atoms with Crippen LogP contribution in [-0.4, -0.2) is 10.5 Å². The van der Waals surface area contributed by atoms with Crippen molar-refractivity contribution in [2.75, 3.05) is 5.32 Å². The first-order valence-electron chi connectivity index (χ1n) is 6.33. The number of carbonyl (C=O) groups excluding carboxylic acids is 1. The summed E-state index contributed by atoms with van der Waals surface area (Å²) >= 11 is 9.54. The maximum Gasteiger partial charge on any atom is 0.272 e. The van der Waals surface area contributed by atoms with Crippen molar-refractivity contribution in [2.45, 2.75) is 26.8 Å². The smallest absolute Gasteiger partial charge is 0.272 e. The van der Waals surface area contributed by atoms with E-state index in [1.54, 1.807) is 6.07 Å². The predicted molar refractivity (Wildman–Crippen MR) is 86.7 cm³/mol. The quantitative estimate of drug-likeness (QED) is 0.821. The van der Waals surface area contributed by atoms with Gasteiger partial charge in [0.2, 0.25) is 0 Å². The van der Waals surface area contributed by atoms with Gasteiger partial charge in [-0.3, -0.25) is 4.79 Å². The van der Waals surface area contributed by atoms with Crippen molar-refractivity contribution in [3.05, 3.63) is 51.2 Å². The van der Waals surface area contributed by atoms with Crippen molar-refractivity contribution < 1.29 is 4.79 Å². The van der Waals surface area contributed by atoms with Crippen molar-refractivity contribution in [2.24, 2.45) is 0 Å². The molecule has 0 atom stereocenters. The second-order valence-corrected chi connectivity index (χ2v) is 6.30. The van der Waals surface area contributed by atoms with Crippen LogP contribution in [0.1, 0.15) is 35.9 Å². The molecule has 0 radical (unpaired) electrons. The number of nitrogens with one attached hydrogen (secondary N) is 1. The molecule has 5 heteroatoms. The van der Waals surface area contributed by atoms with Gasteiger partial charge in [0.1, 0.15) is 5.69 Å². The number of amides is 1. The summed E-state index contributed by atoms with van der Waals surface area (Å²) in [4.78, 5) is 12.4. The van der Waals surface area contributed by atoms with Crippen LogP contribution in [0.4, 0.5) is 5.69 Å². The van der Waals surface area contributed by atoms with Crippen LogP contribution in [0.2, 0.25) is 5.02 Å². The van der Waals surface area contributed by atoms with Crippen molar-refractivity contribution in [3.8, 4) is 0 Å². The van der Waals surface area contributed by atoms with E-state index in [2.05, 4.69) is 21.2 Å². The van der Waals surface area contributed by atoms with E-state index in [1.165, 1.54) is 0 Å². The van der Waals surface area contributed by atoms with E-state index in [4.69, 9.17) is 11.6 Å². The fourth-order valence-electron chi connectivity index (χ4n) is 1.96. The number of rotatable bonds is 3. The van der Waals surface area contributed by atoms with Crippen molar-refractivity contribution in [1.29, 1.82) is 0 Å². The lowest BCUT2D eigenvalue weighted by molar-refractivity contribution is 0.101. The topological polar surface area (TPSA) is 34.0 Å². The van der Waals surface area contributed by atoms with Gasteiger partial charge < -0.3 is 9.88 Å². The average molecular weight is 356 g/mol. The SMILES string of the molecule is Cc1ccc(NC(=O)c2cc(Br)cn2C(C)C)c(Cl)c1. The van der Waals surface area contributed by atoms with E-state index in [1.807, 2.05) is 49.7 Å². The monoisotopic (exact) mass is 354 g/mol. The molecular formula is C15H16BrClN2O. The first-order valence-corrected chi connectivity index (χ1v) is 7.50. The van der Waals surface area contributed by atoms with E-state index >= 15 is 0 Å². The average Bonchev–Trinajstić information content (AvgIpc) is 2.75. The summed E-state index contributed by atoms with van der Waals surface area (Å²) in [6, 6.07) is 7.56. The molecular weight excluding hydrogens is 340 g/mol. The summed E-state index contributed by atoms with van der Waals surface area (Å²) in [5.41, 5.74) is 2.28. The summed E-state index contributed by atoms with van der Waals surface area (Å²) in [5.74, 6) is -0.171. The largest absolute Gasteiger partial charge is 0.340 e. The Labute approximate surface area is 132 Å². The number of hydrogen-bond donors (Lipinski definition) is 1. The fraction of sp³-hybridized carbons (Fsp3) is 0.267. The van der Waals surface area contributed by atoms with Crippen LogP contribution in [-0.2, 0) is 0 Å². The van der Waals surface area contributed by atoms with Gasteiger partial charge in [0, 0.05) is 16.7 Å². The maximum atomic E-state index is 12.4. The van der Waals surface area contributed by atoms with Crippen LogP contribution in [0.5, 0.6) is 0 Å². The van der Waals surface area contributed by atoms with Gasteiger partial charge in [-0.25, -0.2) is 0 Å². The first kappa shape index (κ1) is 15.1. The zero-order chi connectivity index (χ0) is 14.9. The molecule has 0 fully saturated rings. The zero-order valence-corrected chi connectivity index (χ0v) is 13.9. The Morgan fingerprint density at radius 3 is 2.65 bits per heavy atom. The minimum absolute atomic E-state index is 0.171. The summed E-state index contributed by atoms with van der Waals surface area (Å²) < 4.78 is 2.80. The molecule has 0 spiro atoms. The van der Waals surface area contributed by atoms with Gasteiger partial charge in [-0.1, -0.05) is 17.7 Å². The molecule has 1 N–H and O–H groups in total. The third kappa shape index (κ3) is 3.25. The summed E-state index contributed by atoms with van der Waals surface area (Å²) in [7, 11) is 0. The molecule has 0 unspecified atom stereocenters. The fourth-order valence-corrected chi connectivity index (χ4v) is 2.68. The molecule has 1 amide bonds. The van der Waals surface area contributed by atoms with Gasteiger partial charge in [-0.2, -0.15) is 0 Å². The molecule has 3 nitrogen and oxygen atoms in total. The molecule has 1 aromatic heterocycles. The third-order valence-electron chi connectivity index (χ3n) is 2.98. The van der Waals surface area contributed by atoms with Crippen molar-refractivity contribution >= 4 is 39.1 Å². The van der Waals surface area contributed by atoms with Crippen LogP contribution < -0.4 is 5.32 Å². The van der Waals surface area contributed by atoms with Gasteiger partial charge in [0.05, 0.1) is 10.7 Å². The molecule has 0 bridgehead atoms. The molecule has 2 aromatic rings. The number of carbonyl (C=O) groups is 1. The highest BCUT2D eigenvalue weighted by Crippen LogP contribution is 2.25. The molecule has 0 aliphatic rings. The molecule has 0 aliphatic heterocycles.